The topological polar surface area (TPSA) is 79.2 Å². The molecule has 0 aliphatic heterocycles. The number of aromatic amines is 1. The molecule has 0 saturated carbocycles. The number of carbonyl (C=O) groups is 1. The number of fused-ring (bicyclic) bond motifs is 1. The fourth-order valence-corrected chi connectivity index (χ4v) is 1.99. The number of nitrogens with two attached hydrogens (primary N) is 1. The molecule has 20 heavy (non-hydrogen) atoms. The highest BCUT2D eigenvalue weighted by atomic mass is 35.5. The molecule has 7 heteroatoms. The van der Waals surface area contributed by atoms with Crippen molar-refractivity contribution in [2.75, 3.05) is 26.4 Å². The Bertz CT molecular complexity index is 713. The summed E-state index contributed by atoms with van der Waals surface area (Å²) >= 11 is 0. The first kappa shape index (κ1) is 16.1. The van der Waals surface area contributed by atoms with Crippen molar-refractivity contribution in [3.8, 4) is 0 Å². The smallest absolute Gasteiger partial charge is 0.257 e. The van der Waals surface area contributed by atoms with Gasteiger partial charge in [0.1, 0.15) is 11.6 Å². The molecular formula is C13H15ClFN3O2. The third-order valence-electron chi connectivity index (χ3n) is 2.75. The molecule has 2 aromatic rings. The lowest BCUT2D eigenvalue weighted by atomic mass is 10.0. The second kappa shape index (κ2) is 6.02. The van der Waals surface area contributed by atoms with Gasteiger partial charge < -0.3 is 15.6 Å². The fraction of sp³-hybridized carbons (Fsp3) is 0.231. The molecule has 5 nitrogen and oxygen atoms in total. The number of likely N-dealkylation sites (N-methyl/N-ethyl adjacent to an activating group) is 1. The lowest BCUT2D eigenvalue weighted by Gasteiger charge is -2.12. The normalized spacial score (nSPS) is 10.6. The molecule has 0 fully saturated rings. The van der Waals surface area contributed by atoms with Crippen LogP contribution < -0.4 is 11.3 Å². The van der Waals surface area contributed by atoms with Crippen molar-refractivity contribution < 1.29 is 9.18 Å². The number of hydrogen-bond acceptors (Lipinski definition) is 4. The van der Waals surface area contributed by atoms with E-state index in [1.54, 1.807) is 19.0 Å². The predicted octanol–water partition coefficient (Wildman–Crippen LogP) is 1.42. The molecule has 0 atom stereocenters. The van der Waals surface area contributed by atoms with E-state index in [0.717, 1.165) is 6.07 Å². The van der Waals surface area contributed by atoms with Crippen molar-refractivity contribution in [2.24, 2.45) is 0 Å². The van der Waals surface area contributed by atoms with Crippen molar-refractivity contribution in [1.82, 2.24) is 9.88 Å². The predicted molar refractivity (Wildman–Crippen MR) is 79.1 cm³/mol. The number of hydrogen-bond donors (Lipinski definition) is 2. The van der Waals surface area contributed by atoms with Crippen LogP contribution in [0, 0.1) is 5.82 Å². The molecule has 0 spiro atoms. The third kappa shape index (κ3) is 2.97. The van der Waals surface area contributed by atoms with Gasteiger partial charge in [-0.2, -0.15) is 0 Å². The average Bonchev–Trinajstić information content (AvgIpc) is 2.29. The SMILES string of the molecule is CN(C)CC(=O)c1c(N)[nH]c(=O)c2cc(F)ccc12.Cl. The van der Waals surface area contributed by atoms with E-state index >= 15 is 0 Å². The van der Waals surface area contributed by atoms with E-state index in [2.05, 4.69) is 4.98 Å². The molecule has 0 aliphatic rings. The standard InChI is InChI=1S/C13H14FN3O2.ClH/c1-17(2)6-10(18)11-8-4-3-7(14)5-9(8)13(19)16-12(11)15;/h3-5H,6H2,1-2H3,(H3,15,16,19);1H. The van der Waals surface area contributed by atoms with E-state index in [9.17, 15) is 14.0 Å². The lowest BCUT2D eigenvalue weighted by Crippen LogP contribution is -2.24. The maximum atomic E-state index is 13.2. The van der Waals surface area contributed by atoms with E-state index < -0.39 is 11.4 Å². The molecule has 0 aliphatic carbocycles. The van der Waals surface area contributed by atoms with Crippen LogP contribution in [0.3, 0.4) is 0 Å². The van der Waals surface area contributed by atoms with Gasteiger partial charge in [-0.25, -0.2) is 4.39 Å². The molecular weight excluding hydrogens is 285 g/mol. The Labute approximate surface area is 121 Å². The molecule has 1 heterocycles. The minimum absolute atomic E-state index is 0. The number of pyridine rings is 1. The number of benzene rings is 1. The fourth-order valence-electron chi connectivity index (χ4n) is 1.99. The van der Waals surface area contributed by atoms with Crippen LogP contribution in [0.2, 0.25) is 0 Å². The summed E-state index contributed by atoms with van der Waals surface area (Å²) in [7, 11) is 3.50. The molecule has 0 saturated heterocycles. The van der Waals surface area contributed by atoms with Gasteiger partial charge in [-0.1, -0.05) is 6.07 Å². The van der Waals surface area contributed by atoms with Crippen LogP contribution in [-0.4, -0.2) is 36.3 Å². The van der Waals surface area contributed by atoms with Gasteiger partial charge in [-0.05, 0) is 26.2 Å². The molecule has 108 valence electrons. The zero-order chi connectivity index (χ0) is 14.2. The summed E-state index contributed by atoms with van der Waals surface area (Å²) in [6.45, 7) is 0.155. The second-order valence-corrected chi connectivity index (χ2v) is 4.59. The van der Waals surface area contributed by atoms with Crippen molar-refractivity contribution >= 4 is 34.8 Å². The van der Waals surface area contributed by atoms with Crippen LogP contribution in [0.25, 0.3) is 10.8 Å². The number of nitrogens with one attached hydrogen (secondary N) is 1. The van der Waals surface area contributed by atoms with Gasteiger partial charge in [0.05, 0.1) is 17.5 Å². The first-order chi connectivity index (χ1) is 8.90. The third-order valence-corrected chi connectivity index (χ3v) is 2.75. The molecule has 0 unspecified atom stereocenters. The number of halogens is 2. The van der Waals surface area contributed by atoms with Gasteiger partial charge in [-0.3, -0.25) is 9.59 Å². The Morgan fingerprint density at radius 1 is 1.35 bits per heavy atom. The Kier molecular flexibility index (Phi) is 4.86. The summed E-state index contributed by atoms with van der Waals surface area (Å²) in [4.78, 5) is 27.9. The lowest BCUT2D eigenvalue weighted by molar-refractivity contribution is 0.0960. The van der Waals surface area contributed by atoms with Crippen LogP contribution in [0.5, 0.6) is 0 Å². The van der Waals surface area contributed by atoms with Gasteiger partial charge in [0.2, 0.25) is 0 Å². The van der Waals surface area contributed by atoms with Crippen LogP contribution in [-0.2, 0) is 0 Å². The highest BCUT2D eigenvalue weighted by Gasteiger charge is 2.17. The average molecular weight is 300 g/mol. The Hall–Kier alpha value is -1.92. The summed E-state index contributed by atoms with van der Waals surface area (Å²) in [5.41, 5.74) is 5.43. The molecule has 0 bridgehead atoms. The summed E-state index contributed by atoms with van der Waals surface area (Å²) in [5, 5.41) is 0.491. The van der Waals surface area contributed by atoms with Gasteiger partial charge in [0.15, 0.2) is 5.78 Å². The van der Waals surface area contributed by atoms with Crippen LogP contribution in [0.4, 0.5) is 10.2 Å². The van der Waals surface area contributed by atoms with Crippen LogP contribution in [0.15, 0.2) is 23.0 Å². The van der Waals surface area contributed by atoms with E-state index in [4.69, 9.17) is 5.73 Å². The van der Waals surface area contributed by atoms with Crippen molar-refractivity contribution in [3.05, 3.63) is 39.9 Å². The number of carbonyl (C=O) groups excluding carboxylic acids is 1. The second-order valence-electron chi connectivity index (χ2n) is 4.59. The van der Waals surface area contributed by atoms with Gasteiger partial charge in [-0.15, -0.1) is 12.4 Å². The highest BCUT2D eigenvalue weighted by Crippen LogP contribution is 2.21. The minimum Gasteiger partial charge on any atom is -0.385 e. The van der Waals surface area contributed by atoms with Gasteiger partial charge in [0.25, 0.3) is 5.56 Å². The number of aromatic nitrogens is 1. The van der Waals surface area contributed by atoms with Crippen LogP contribution >= 0.6 is 12.4 Å². The number of ketones is 1. The number of rotatable bonds is 3. The maximum Gasteiger partial charge on any atom is 0.257 e. The van der Waals surface area contributed by atoms with Crippen LogP contribution in [0.1, 0.15) is 10.4 Å². The van der Waals surface area contributed by atoms with E-state index in [0.29, 0.717) is 5.39 Å². The molecule has 0 radical (unpaired) electrons. The zero-order valence-electron chi connectivity index (χ0n) is 11.1. The molecule has 1 aromatic heterocycles. The zero-order valence-corrected chi connectivity index (χ0v) is 11.9. The molecule has 2 rings (SSSR count). The molecule has 1 aromatic carbocycles. The minimum atomic E-state index is -0.534. The van der Waals surface area contributed by atoms with E-state index in [1.165, 1.54) is 12.1 Å². The van der Waals surface area contributed by atoms with E-state index in [-0.39, 0.29) is 41.5 Å². The quantitative estimate of drug-likeness (QED) is 0.840. The maximum absolute atomic E-state index is 13.2. The summed E-state index contributed by atoms with van der Waals surface area (Å²) in [5.74, 6) is -0.750. The van der Waals surface area contributed by atoms with E-state index in [1.807, 2.05) is 0 Å². The highest BCUT2D eigenvalue weighted by molar-refractivity contribution is 6.12. The Balaban J connectivity index is 0.00000200. The van der Waals surface area contributed by atoms with Gasteiger partial charge in [0, 0.05) is 5.39 Å². The van der Waals surface area contributed by atoms with Crippen molar-refractivity contribution in [1.29, 1.82) is 0 Å². The first-order valence-electron chi connectivity index (χ1n) is 5.69. The summed E-state index contributed by atoms with van der Waals surface area (Å²) in [6.07, 6.45) is 0. The first-order valence-corrected chi connectivity index (χ1v) is 5.69. The monoisotopic (exact) mass is 299 g/mol. The molecule has 3 N–H and O–H groups in total. The van der Waals surface area contributed by atoms with Crippen molar-refractivity contribution in [3.63, 3.8) is 0 Å². The number of anilines is 1. The summed E-state index contributed by atoms with van der Waals surface area (Å²) < 4.78 is 13.2. The van der Waals surface area contributed by atoms with Gasteiger partial charge >= 0.3 is 0 Å². The van der Waals surface area contributed by atoms with Crippen molar-refractivity contribution in [2.45, 2.75) is 0 Å². The molecule has 0 amide bonds. The largest absolute Gasteiger partial charge is 0.385 e. The number of nitrogen functional groups attached to an aromatic ring is 1. The number of nitrogens with zero attached hydrogens (tertiary/aromatic N) is 1. The summed E-state index contributed by atoms with van der Waals surface area (Å²) in [6, 6.07) is 3.70. The number of Topliss-reactive ketones (excluding diaryl/α,β-unsaturated/α-hetero) is 1. The Morgan fingerprint density at radius 2 is 2.00 bits per heavy atom. The Morgan fingerprint density at radius 3 is 2.60 bits per heavy atom. The number of H-pyrrole nitrogens is 1.